The molecule has 0 aromatic heterocycles. The molecule has 0 unspecified atom stereocenters. The Morgan fingerprint density at radius 1 is 1.18 bits per heavy atom. The van der Waals surface area contributed by atoms with Gasteiger partial charge in [0, 0.05) is 36.7 Å². The largest absolute Gasteiger partial charge is 0.462 e. The molecule has 0 radical (unpaired) electrons. The van der Waals surface area contributed by atoms with Gasteiger partial charge < -0.3 is 24.4 Å². The molecule has 222 valence electrons. The van der Waals surface area contributed by atoms with Crippen LogP contribution in [0.1, 0.15) is 74.1 Å². The number of aliphatic hydroxyl groups is 2. The molecule has 2 N–H and O–H groups in total. The molecule has 40 heavy (non-hydrogen) atoms. The highest BCUT2D eigenvalue weighted by molar-refractivity contribution is 5.95. The van der Waals surface area contributed by atoms with Crippen LogP contribution in [0.5, 0.6) is 0 Å². The lowest BCUT2D eigenvalue weighted by atomic mass is 9.37. The first kappa shape index (κ1) is 29.7. The van der Waals surface area contributed by atoms with E-state index in [4.69, 9.17) is 14.2 Å². The van der Waals surface area contributed by atoms with Crippen LogP contribution in [0.3, 0.4) is 0 Å². The normalized spacial score (nSPS) is 48.0. The summed E-state index contributed by atoms with van der Waals surface area (Å²) in [6.07, 6.45) is 5.82. The maximum atomic E-state index is 13.0. The molecular formula is C33H48O7. The summed E-state index contributed by atoms with van der Waals surface area (Å²) < 4.78 is 18.2. The average molecular weight is 557 g/mol. The highest BCUT2D eigenvalue weighted by Crippen LogP contribution is 2.72. The van der Waals surface area contributed by atoms with Crippen LogP contribution in [-0.4, -0.2) is 59.8 Å². The number of rotatable bonds is 5. The van der Waals surface area contributed by atoms with Gasteiger partial charge in [-0.25, -0.2) is 0 Å². The van der Waals surface area contributed by atoms with E-state index in [1.54, 1.807) is 20.1 Å². The summed E-state index contributed by atoms with van der Waals surface area (Å²) in [6.45, 7) is 17.7. The Hall–Kier alpha value is -1.80. The molecule has 0 amide bonds. The van der Waals surface area contributed by atoms with Crippen molar-refractivity contribution in [3.63, 3.8) is 0 Å². The maximum Gasteiger partial charge on any atom is 0.302 e. The van der Waals surface area contributed by atoms with Gasteiger partial charge in [-0.2, -0.15) is 0 Å². The summed E-state index contributed by atoms with van der Waals surface area (Å²) in [4.78, 5) is 25.6. The lowest BCUT2D eigenvalue weighted by Crippen LogP contribution is -2.68. The van der Waals surface area contributed by atoms with E-state index in [9.17, 15) is 19.8 Å². The second kappa shape index (κ2) is 9.62. The summed E-state index contributed by atoms with van der Waals surface area (Å²) in [5.41, 5.74) is -0.210. The number of methoxy groups -OCH3 is 1. The highest BCUT2D eigenvalue weighted by atomic mass is 16.7. The predicted molar refractivity (Wildman–Crippen MR) is 151 cm³/mol. The van der Waals surface area contributed by atoms with Gasteiger partial charge >= 0.3 is 5.97 Å². The molecule has 12 atom stereocenters. The molecule has 1 aliphatic heterocycles. The minimum atomic E-state index is -0.768. The number of ether oxygens (including phenoxy) is 3. The van der Waals surface area contributed by atoms with E-state index in [1.807, 2.05) is 19.9 Å². The van der Waals surface area contributed by atoms with Crippen molar-refractivity contribution in [3.8, 4) is 0 Å². The number of esters is 1. The van der Waals surface area contributed by atoms with E-state index in [0.717, 1.165) is 6.42 Å². The third kappa shape index (κ3) is 3.98. The molecule has 5 rings (SSSR count). The van der Waals surface area contributed by atoms with E-state index in [-0.39, 0.29) is 40.8 Å². The molecule has 1 heterocycles. The molecule has 4 aliphatic carbocycles. The number of carbonyl (C=O) groups excluding carboxylic acids is 2. The van der Waals surface area contributed by atoms with Gasteiger partial charge in [-0.1, -0.05) is 58.9 Å². The van der Waals surface area contributed by atoms with Crippen LogP contribution < -0.4 is 0 Å². The van der Waals surface area contributed by atoms with Gasteiger partial charge in [0.15, 0.2) is 12.1 Å². The molecule has 7 heteroatoms. The molecule has 2 saturated carbocycles. The Morgan fingerprint density at radius 3 is 2.45 bits per heavy atom. The van der Waals surface area contributed by atoms with E-state index < -0.39 is 47.0 Å². The van der Waals surface area contributed by atoms with Crippen molar-refractivity contribution in [3.05, 3.63) is 36.0 Å². The lowest BCUT2D eigenvalue weighted by Gasteiger charge is -2.67. The minimum Gasteiger partial charge on any atom is -0.462 e. The third-order valence-corrected chi connectivity index (χ3v) is 12.0. The lowest BCUT2D eigenvalue weighted by molar-refractivity contribution is -0.212. The third-order valence-electron chi connectivity index (χ3n) is 12.0. The van der Waals surface area contributed by atoms with Gasteiger partial charge in [-0.15, -0.1) is 0 Å². The molecule has 0 spiro atoms. The standard InChI is InChI=1S/C33H48O7/c1-17(2)27(37)22-14-19(29(38-9)40-22)20-10-11-23-32(20,7)16-21(35)28-31(6)13-12-25(36)30(4,5)24(31)15-26(33(23,28)8)39-18(3)34/h11-13,19-22,24,26-29,35,37H,1,10,14-16H2,2-9H3/t19-,20-,21-,22-,24+,26-,27-,28-,29+,31+,32-,33-/m1/s1. The first-order valence-electron chi connectivity index (χ1n) is 14.8. The van der Waals surface area contributed by atoms with Crippen molar-refractivity contribution >= 4 is 11.8 Å². The van der Waals surface area contributed by atoms with Gasteiger partial charge in [0.25, 0.3) is 0 Å². The number of fused-ring (bicyclic) bond motifs is 5. The molecule has 0 aromatic carbocycles. The summed E-state index contributed by atoms with van der Waals surface area (Å²) >= 11 is 0. The van der Waals surface area contributed by atoms with Crippen molar-refractivity contribution in [2.24, 2.45) is 45.3 Å². The SMILES string of the molecule is C=C(C)[C@@H](O)[C@H]1C[C@H]([C@H]2CC=C3[C@@]4(C)[C@H]([C@H](O)C[C@@]32C)[C@@]2(C)C=CC(=O)C(C)(C)[C@@H]2C[C@H]4OC(C)=O)[C@@H](OC)O1. The Balaban J connectivity index is 1.58. The number of hydrogen-bond donors (Lipinski definition) is 2. The summed E-state index contributed by atoms with van der Waals surface area (Å²) in [7, 11) is 1.64. The van der Waals surface area contributed by atoms with Gasteiger partial charge in [0.1, 0.15) is 12.2 Å². The van der Waals surface area contributed by atoms with Gasteiger partial charge in [0.2, 0.25) is 0 Å². The van der Waals surface area contributed by atoms with Crippen LogP contribution in [-0.2, 0) is 23.8 Å². The number of carbonyl (C=O) groups is 2. The fraction of sp³-hybridized carbons (Fsp3) is 0.758. The Bertz CT molecular complexity index is 1150. The first-order valence-corrected chi connectivity index (χ1v) is 14.8. The fourth-order valence-corrected chi connectivity index (χ4v) is 10.3. The zero-order chi connectivity index (χ0) is 29.6. The molecule has 1 saturated heterocycles. The van der Waals surface area contributed by atoms with Crippen molar-refractivity contribution in [2.45, 2.75) is 105 Å². The van der Waals surface area contributed by atoms with Crippen LogP contribution in [0.4, 0.5) is 0 Å². The molecule has 0 bridgehead atoms. The predicted octanol–water partition coefficient (Wildman–Crippen LogP) is 4.76. The van der Waals surface area contributed by atoms with Crippen molar-refractivity contribution < 1.29 is 34.0 Å². The summed E-state index contributed by atoms with van der Waals surface area (Å²) in [6, 6.07) is 0. The Labute approximate surface area is 239 Å². The Kier molecular flexibility index (Phi) is 7.14. The molecular weight excluding hydrogens is 508 g/mol. The van der Waals surface area contributed by atoms with Crippen molar-refractivity contribution in [1.29, 1.82) is 0 Å². The quantitative estimate of drug-likeness (QED) is 0.372. The first-order chi connectivity index (χ1) is 18.5. The van der Waals surface area contributed by atoms with E-state index >= 15 is 0 Å². The average Bonchev–Trinajstić information content (AvgIpc) is 3.43. The van der Waals surface area contributed by atoms with Crippen LogP contribution in [0.15, 0.2) is 36.0 Å². The van der Waals surface area contributed by atoms with Crippen molar-refractivity contribution in [2.75, 3.05) is 7.11 Å². The Morgan fingerprint density at radius 2 is 1.85 bits per heavy atom. The van der Waals surface area contributed by atoms with Crippen LogP contribution >= 0.6 is 0 Å². The number of allylic oxidation sites excluding steroid dienone is 3. The van der Waals surface area contributed by atoms with Crippen molar-refractivity contribution in [1.82, 2.24) is 0 Å². The minimum absolute atomic E-state index is 0.0142. The zero-order valence-electron chi connectivity index (χ0n) is 25.4. The van der Waals surface area contributed by atoms with E-state index in [2.05, 4.69) is 33.4 Å². The van der Waals surface area contributed by atoms with Crippen LogP contribution in [0.2, 0.25) is 0 Å². The second-order valence-corrected chi connectivity index (χ2v) is 14.6. The van der Waals surface area contributed by atoms with Gasteiger partial charge in [0.05, 0.1) is 12.2 Å². The van der Waals surface area contributed by atoms with E-state index in [1.165, 1.54) is 12.5 Å². The number of ketones is 1. The zero-order valence-corrected chi connectivity index (χ0v) is 25.4. The molecule has 5 aliphatic rings. The number of hydrogen-bond acceptors (Lipinski definition) is 7. The second-order valence-electron chi connectivity index (χ2n) is 14.6. The summed E-state index contributed by atoms with van der Waals surface area (Å²) in [5, 5.41) is 22.9. The molecule has 7 nitrogen and oxygen atoms in total. The fourth-order valence-electron chi connectivity index (χ4n) is 10.3. The smallest absolute Gasteiger partial charge is 0.302 e. The van der Waals surface area contributed by atoms with Crippen LogP contribution in [0, 0.1) is 45.3 Å². The topological polar surface area (TPSA) is 102 Å². The maximum absolute atomic E-state index is 13.0. The van der Waals surface area contributed by atoms with Gasteiger partial charge in [-0.05, 0) is 66.9 Å². The summed E-state index contributed by atoms with van der Waals surface area (Å²) in [5.74, 6) is -0.455. The monoisotopic (exact) mass is 556 g/mol. The van der Waals surface area contributed by atoms with Gasteiger partial charge in [-0.3, -0.25) is 9.59 Å². The number of aliphatic hydroxyl groups excluding tert-OH is 2. The van der Waals surface area contributed by atoms with E-state index in [0.29, 0.717) is 24.8 Å². The molecule has 3 fully saturated rings. The molecule has 0 aromatic rings. The van der Waals surface area contributed by atoms with Crippen LogP contribution in [0.25, 0.3) is 0 Å². The highest BCUT2D eigenvalue weighted by Gasteiger charge is 2.71.